The quantitative estimate of drug-likeness (QED) is 0.494. The van der Waals surface area contributed by atoms with Crippen molar-refractivity contribution in [2.75, 3.05) is 16.8 Å². The van der Waals surface area contributed by atoms with Gasteiger partial charge in [0.15, 0.2) is 5.16 Å². The molecule has 0 atom stereocenters. The molecule has 9 heteroatoms. The summed E-state index contributed by atoms with van der Waals surface area (Å²) in [5.41, 5.74) is 6.86. The molecule has 4 N–H and O–H groups in total. The first-order valence-electron chi connectivity index (χ1n) is 6.10. The van der Waals surface area contributed by atoms with Crippen LogP contribution in [0.1, 0.15) is 5.56 Å². The number of nitrogens with two attached hydrogens (primary N) is 1. The summed E-state index contributed by atoms with van der Waals surface area (Å²) in [5, 5.41) is 3.11. The molecule has 2 rings (SSSR count). The Morgan fingerprint density at radius 3 is 2.59 bits per heavy atom. The number of H-pyrrole nitrogens is 1. The monoisotopic (exact) mass is 446 g/mol. The van der Waals surface area contributed by atoms with Crippen LogP contribution in [0.3, 0.4) is 0 Å². The fourth-order valence-electron chi connectivity index (χ4n) is 1.65. The summed E-state index contributed by atoms with van der Waals surface area (Å²) in [6.07, 6.45) is 0. The van der Waals surface area contributed by atoms with Gasteiger partial charge in [-0.25, -0.2) is 4.98 Å². The van der Waals surface area contributed by atoms with Gasteiger partial charge in [0.1, 0.15) is 5.82 Å². The fraction of sp³-hybridized carbons (Fsp3) is 0.154. The van der Waals surface area contributed by atoms with E-state index in [1.165, 1.54) is 6.07 Å². The first-order chi connectivity index (χ1) is 10.3. The molecular formula is C13H12Br2N4O2S. The molecule has 1 aromatic carbocycles. The smallest absolute Gasteiger partial charge is 0.253 e. The van der Waals surface area contributed by atoms with E-state index < -0.39 is 0 Å². The molecule has 0 spiro atoms. The topological polar surface area (TPSA) is 101 Å². The largest absolute Gasteiger partial charge is 0.383 e. The number of aromatic nitrogens is 2. The second kappa shape index (κ2) is 7.30. The van der Waals surface area contributed by atoms with Crippen molar-refractivity contribution in [3.8, 4) is 0 Å². The molecule has 1 amide bonds. The van der Waals surface area contributed by atoms with Crippen molar-refractivity contribution in [2.45, 2.75) is 12.1 Å². The van der Waals surface area contributed by atoms with E-state index in [4.69, 9.17) is 5.73 Å². The number of hydrogen-bond donors (Lipinski definition) is 3. The van der Waals surface area contributed by atoms with Crippen LogP contribution in [0, 0.1) is 6.92 Å². The summed E-state index contributed by atoms with van der Waals surface area (Å²) in [6, 6.07) is 5.00. The highest BCUT2D eigenvalue weighted by Gasteiger charge is 2.11. The molecule has 2 aromatic rings. The Bertz CT molecular complexity index is 756. The molecule has 0 aliphatic heterocycles. The SMILES string of the molecule is Cc1cc(Br)c(NC(=O)CSc2nc(N)cc(=O)[nH]2)c(Br)c1. The van der Waals surface area contributed by atoms with Gasteiger partial charge in [-0.2, -0.15) is 0 Å². The van der Waals surface area contributed by atoms with Crippen LogP contribution in [0.2, 0.25) is 0 Å². The first-order valence-corrected chi connectivity index (χ1v) is 8.67. The average molecular weight is 448 g/mol. The average Bonchev–Trinajstić information content (AvgIpc) is 2.39. The summed E-state index contributed by atoms with van der Waals surface area (Å²) < 4.78 is 1.57. The minimum absolute atomic E-state index is 0.0964. The Morgan fingerprint density at radius 2 is 2.00 bits per heavy atom. The van der Waals surface area contributed by atoms with Crippen molar-refractivity contribution in [2.24, 2.45) is 0 Å². The number of aryl methyl sites for hydroxylation is 1. The molecule has 22 heavy (non-hydrogen) atoms. The number of benzene rings is 1. The molecule has 0 saturated heterocycles. The number of carbonyl (C=O) groups is 1. The number of carbonyl (C=O) groups excluding carboxylic acids is 1. The van der Waals surface area contributed by atoms with Gasteiger partial charge < -0.3 is 16.0 Å². The number of aromatic amines is 1. The fourth-order valence-corrected chi connectivity index (χ4v) is 3.95. The molecule has 0 bridgehead atoms. The van der Waals surface area contributed by atoms with Crippen LogP contribution in [0.25, 0.3) is 0 Å². The number of nitrogens with one attached hydrogen (secondary N) is 2. The van der Waals surface area contributed by atoms with E-state index in [2.05, 4.69) is 47.1 Å². The van der Waals surface area contributed by atoms with Gasteiger partial charge in [-0.3, -0.25) is 9.59 Å². The number of rotatable bonds is 4. The summed E-state index contributed by atoms with van der Waals surface area (Å²) in [6.45, 7) is 1.96. The number of thioether (sulfide) groups is 1. The van der Waals surface area contributed by atoms with Crippen molar-refractivity contribution in [1.29, 1.82) is 0 Å². The van der Waals surface area contributed by atoms with Crippen molar-refractivity contribution in [3.05, 3.63) is 43.1 Å². The van der Waals surface area contributed by atoms with Crippen LogP contribution in [-0.4, -0.2) is 21.6 Å². The van der Waals surface area contributed by atoms with E-state index in [1.54, 1.807) is 0 Å². The van der Waals surface area contributed by atoms with Gasteiger partial charge in [0.25, 0.3) is 5.56 Å². The minimum atomic E-state index is -0.348. The number of halogens is 2. The van der Waals surface area contributed by atoms with E-state index in [9.17, 15) is 9.59 Å². The molecule has 0 unspecified atom stereocenters. The third-order valence-corrected chi connectivity index (χ3v) is 4.65. The lowest BCUT2D eigenvalue weighted by atomic mass is 10.2. The maximum atomic E-state index is 12.0. The van der Waals surface area contributed by atoms with Gasteiger partial charge in [-0.05, 0) is 56.5 Å². The Balaban J connectivity index is 2.03. The normalized spacial score (nSPS) is 10.5. The third kappa shape index (κ3) is 4.59. The predicted molar refractivity (Wildman–Crippen MR) is 95.2 cm³/mol. The maximum absolute atomic E-state index is 12.0. The van der Waals surface area contributed by atoms with E-state index in [0.29, 0.717) is 10.8 Å². The van der Waals surface area contributed by atoms with Crippen LogP contribution >= 0.6 is 43.6 Å². The summed E-state index contributed by atoms with van der Waals surface area (Å²) >= 11 is 7.93. The molecular weight excluding hydrogens is 436 g/mol. The molecule has 1 heterocycles. The van der Waals surface area contributed by atoms with Crippen LogP contribution in [-0.2, 0) is 4.79 Å². The van der Waals surface area contributed by atoms with Gasteiger partial charge in [0.05, 0.1) is 11.4 Å². The molecule has 0 aliphatic rings. The molecule has 0 saturated carbocycles. The van der Waals surface area contributed by atoms with Gasteiger partial charge in [0.2, 0.25) is 5.91 Å². The molecule has 0 fully saturated rings. The lowest BCUT2D eigenvalue weighted by Gasteiger charge is -2.10. The highest BCUT2D eigenvalue weighted by Crippen LogP contribution is 2.32. The van der Waals surface area contributed by atoms with Gasteiger partial charge in [0, 0.05) is 15.0 Å². The highest BCUT2D eigenvalue weighted by atomic mass is 79.9. The van der Waals surface area contributed by atoms with Crippen molar-refractivity contribution in [1.82, 2.24) is 9.97 Å². The van der Waals surface area contributed by atoms with E-state index >= 15 is 0 Å². The zero-order valence-corrected chi connectivity index (χ0v) is 15.4. The Hall–Kier alpha value is -1.32. The first kappa shape index (κ1) is 17.0. The van der Waals surface area contributed by atoms with Gasteiger partial charge in [-0.1, -0.05) is 11.8 Å². The van der Waals surface area contributed by atoms with E-state index in [-0.39, 0.29) is 23.0 Å². The van der Waals surface area contributed by atoms with Crippen LogP contribution in [0.15, 0.2) is 37.1 Å². The number of anilines is 2. The lowest BCUT2D eigenvalue weighted by Crippen LogP contribution is -2.16. The van der Waals surface area contributed by atoms with E-state index in [1.807, 2.05) is 19.1 Å². The molecule has 116 valence electrons. The van der Waals surface area contributed by atoms with Crippen molar-refractivity contribution >= 4 is 61.0 Å². The molecule has 1 aromatic heterocycles. The maximum Gasteiger partial charge on any atom is 0.253 e. The van der Waals surface area contributed by atoms with E-state index in [0.717, 1.165) is 26.3 Å². The predicted octanol–water partition coefficient (Wildman–Crippen LogP) is 2.92. The summed E-state index contributed by atoms with van der Waals surface area (Å²) in [4.78, 5) is 29.7. The number of nitrogen functional groups attached to an aromatic ring is 1. The van der Waals surface area contributed by atoms with Crippen LogP contribution in [0.5, 0.6) is 0 Å². The Labute approximate surface area is 147 Å². The molecule has 0 radical (unpaired) electrons. The van der Waals surface area contributed by atoms with Crippen LogP contribution in [0.4, 0.5) is 11.5 Å². The lowest BCUT2D eigenvalue weighted by molar-refractivity contribution is -0.113. The Morgan fingerprint density at radius 1 is 1.36 bits per heavy atom. The molecule has 6 nitrogen and oxygen atoms in total. The number of hydrogen-bond acceptors (Lipinski definition) is 5. The third-order valence-electron chi connectivity index (χ3n) is 2.53. The standard InChI is InChI=1S/C13H12Br2N4O2S/c1-6-2-7(14)12(8(15)3-6)18-11(21)5-22-13-17-9(16)4-10(20)19-13/h2-4H,5H2,1H3,(H,18,21)(H3,16,17,19,20). The zero-order valence-electron chi connectivity index (χ0n) is 11.4. The minimum Gasteiger partial charge on any atom is -0.383 e. The van der Waals surface area contributed by atoms with Crippen molar-refractivity contribution in [3.63, 3.8) is 0 Å². The summed E-state index contributed by atoms with van der Waals surface area (Å²) in [5.74, 6) is -0.00454. The van der Waals surface area contributed by atoms with Gasteiger partial charge in [-0.15, -0.1) is 0 Å². The number of nitrogens with zero attached hydrogens (tertiary/aromatic N) is 1. The molecule has 0 aliphatic carbocycles. The van der Waals surface area contributed by atoms with Crippen LogP contribution < -0.4 is 16.6 Å². The van der Waals surface area contributed by atoms with Gasteiger partial charge >= 0.3 is 0 Å². The second-order valence-electron chi connectivity index (χ2n) is 4.42. The number of amides is 1. The van der Waals surface area contributed by atoms with Crippen molar-refractivity contribution < 1.29 is 4.79 Å². The Kier molecular flexibility index (Phi) is 5.65. The zero-order chi connectivity index (χ0) is 16.3. The second-order valence-corrected chi connectivity index (χ2v) is 7.09. The summed E-state index contributed by atoms with van der Waals surface area (Å²) in [7, 11) is 0. The highest BCUT2D eigenvalue weighted by molar-refractivity contribution is 9.11.